The molecule has 0 amide bonds. The van der Waals surface area contributed by atoms with Crippen molar-refractivity contribution in [3.63, 3.8) is 0 Å². The Hall–Kier alpha value is -1.40. The Bertz CT molecular complexity index is 597. The first-order chi connectivity index (χ1) is 9.10. The van der Waals surface area contributed by atoms with Gasteiger partial charge in [0.1, 0.15) is 5.75 Å². The predicted octanol–water partition coefficient (Wildman–Crippen LogP) is 4.26. The number of rotatable bonds is 4. The number of aromatic nitrogens is 2. The summed E-state index contributed by atoms with van der Waals surface area (Å²) >= 11 is 9.11. The second-order valence-electron chi connectivity index (χ2n) is 3.55. The zero-order chi connectivity index (χ0) is 13.8. The molecule has 2 aromatic rings. The molecule has 0 spiro atoms. The molecule has 0 unspecified atom stereocenters. The van der Waals surface area contributed by atoms with Gasteiger partial charge in [0.15, 0.2) is 0 Å². The lowest BCUT2D eigenvalue weighted by molar-refractivity contribution is 0.418. The molecule has 0 bridgehead atoms. The molecule has 0 radical (unpaired) electrons. The summed E-state index contributed by atoms with van der Waals surface area (Å²) in [7, 11) is 0. The minimum Gasteiger partial charge on any atom is -0.435 e. The van der Waals surface area contributed by atoms with E-state index in [1.807, 2.05) is 6.92 Å². The largest absolute Gasteiger partial charge is 0.435 e. The van der Waals surface area contributed by atoms with Gasteiger partial charge in [0.25, 0.3) is 5.88 Å². The monoisotopic (exact) mass is 345 g/mol. The highest BCUT2D eigenvalue weighted by atomic mass is 79.9. The molecule has 2 rings (SSSR count). The van der Waals surface area contributed by atoms with Crippen molar-refractivity contribution >= 4 is 33.5 Å². The fourth-order valence-electron chi connectivity index (χ4n) is 1.33. The van der Waals surface area contributed by atoms with Crippen LogP contribution in [0.2, 0.25) is 5.02 Å². The van der Waals surface area contributed by atoms with Crippen LogP contribution in [0.15, 0.2) is 28.9 Å². The van der Waals surface area contributed by atoms with Gasteiger partial charge in [-0.3, -0.25) is 0 Å². The zero-order valence-electron chi connectivity index (χ0n) is 9.95. The lowest BCUT2D eigenvalue weighted by Gasteiger charge is -2.09. The summed E-state index contributed by atoms with van der Waals surface area (Å²) in [6.07, 6.45) is 1.06. The number of hydrogen-bond acceptors (Lipinski definition) is 4. The average molecular weight is 347 g/mol. The zero-order valence-corrected chi connectivity index (χ0v) is 12.3. The SMILES string of the molecule is CCNc1ncc(F)c(Oc2ccc(Cl)cc2Br)n1. The summed E-state index contributed by atoms with van der Waals surface area (Å²) in [4.78, 5) is 7.74. The molecule has 0 saturated heterocycles. The minimum absolute atomic E-state index is 0.144. The van der Waals surface area contributed by atoms with Crippen LogP contribution in [0.1, 0.15) is 6.92 Å². The van der Waals surface area contributed by atoms with Crippen LogP contribution in [-0.2, 0) is 0 Å². The maximum Gasteiger partial charge on any atom is 0.260 e. The third kappa shape index (κ3) is 3.54. The molecule has 1 N–H and O–H groups in total. The molecule has 1 aromatic carbocycles. The molecule has 1 heterocycles. The maximum absolute atomic E-state index is 13.6. The number of ether oxygens (including phenoxy) is 1. The van der Waals surface area contributed by atoms with Gasteiger partial charge in [-0.25, -0.2) is 4.98 Å². The van der Waals surface area contributed by atoms with Gasteiger partial charge in [-0.15, -0.1) is 0 Å². The van der Waals surface area contributed by atoms with Crippen LogP contribution in [0.4, 0.5) is 10.3 Å². The van der Waals surface area contributed by atoms with Crippen LogP contribution in [0.5, 0.6) is 11.6 Å². The molecule has 0 atom stereocenters. The van der Waals surface area contributed by atoms with Crippen molar-refractivity contribution in [2.75, 3.05) is 11.9 Å². The molecule has 4 nitrogen and oxygen atoms in total. The summed E-state index contributed by atoms with van der Waals surface area (Å²) in [5.74, 6) is -0.0501. The molecular weight excluding hydrogens is 337 g/mol. The first-order valence-electron chi connectivity index (χ1n) is 5.49. The Kier molecular flexibility index (Phi) is 4.55. The van der Waals surface area contributed by atoms with Crippen molar-refractivity contribution in [3.8, 4) is 11.6 Å². The van der Waals surface area contributed by atoms with E-state index >= 15 is 0 Å². The van der Waals surface area contributed by atoms with Crippen molar-refractivity contribution < 1.29 is 9.13 Å². The second-order valence-corrected chi connectivity index (χ2v) is 4.84. The van der Waals surface area contributed by atoms with Gasteiger partial charge < -0.3 is 10.1 Å². The summed E-state index contributed by atoms with van der Waals surface area (Å²) in [6.45, 7) is 2.53. The fourth-order valence-corrected chi connectivity index (χ4v) is 2.09. The van der Waals surface area contributed by atoms with E-state index in [4.69, 9.17) is 16.3 Å². The van der Waals surface area contributed by atoms with Gasteiger partial charge in [-0.2, -0.15) is 9.37 Å². The van der Waals surface area contributed by atoms with Gasteiger partial charge in [0.2, 0.25) is 11.8 Å². The summed E-state index contributed by atoms with van der Waals surface area (Å²) in [5, 5.41) is 3.43. The van der Waals surface area contributed by atoms with Crippen molar-refractivity contribution in [2.45, 2.75) is 6.92 Å². The van der Waals surface area contributed by atoms with E-state index in [2.05, 4.69) is 31.2 Å². The second kappa shape index (κ2) is 6.16. The standard InChI is InChI=1S/C12H10BrClFN3O/c1-2-16-12-17-6-9(15)11(18-12)19-10-4-3-7(14)5-8(10)13/h3-6H,2H2,1H3,(H,16,17,18). The Balaban J connectivity index is 2.29. The van der Waals surface area contributed by atoms with Crippen LogP contribution in [0.3, 0.4) is 0 Å². The van der Waals surface area contributed by atoms with Gasteiger partial charge in [0, 0.05) is 11.6 Å². The molecule has 0 aliphatic rings. The number of halogens is 3. The number of nitrogens with one attached hydrogen (secondary N) is 1. The molecule has 0 fully saturated rings. The van der Waals surface area contributed by atoms with Crippen molar-refractivity contribution in [2.24, 2.45) is 0 Å². The van der Waals surface area contributed by atoms with Crippen LogP contribution in [0.25, 0.3) is 0 Å². The lowest BCUT2D eigenvalue weighted by Crippen LogP contribution is -2.04. The number of benzene rings is 1. The van der Waals surface area contributed by atoms with Crippen molar-refractivity contribution in [1.29, 1.82) is 0 Å². The average Bonchev–Trinajstić information content (AvgIpc) is 2.37. The van der Waals surface area contributed by atoms with E-state index in [1.165, 1.54) is 0 Å². The highest BCUT2D eigenvalue weighted by Gasteiger charge is 2.11. The maximum atomic E-state index is 13.6. The van der Waals surface area contributed by atoms with Crippen LogP contribution >= 0.6 is 27.5 Å². The topological polar surface area (TPSA) is 47.0 Å². The van der Waals surface area contributed by atoms with E-state index in [0.29, 0.717) is 27.7 Å². The van der Waals surface area contributed by atoms with E-state index in [-0.39, 0.29) is 5.88 Å². The number of nitrogens with zero attached hydrogens (tertiary/aromatic N) is 2. The van der Waals surface area contributed by atoms with Gasteiger partial charge in [-0.05, 0) is 41.1 Å². The fraction of sp³-hybridized carbons (Fsp3) is 0.167. The third-order valence-corrected chi connectivity index (χ3v) is 3.00. The van der Waals surface area contributed by atoms with Crippen molar-refractivity contribution in [1.82, 2.24) is 9.97 Å². The molecule has 0 aliphatic carbocycles. The molecule has 1 aromatic heterocycles. The van der Waals surface area contributed by atoms with Gasteiger partial charge in [-0.1, -0.05) is 11.6 Å². The van der Waals surface area contributed by atoms with Gasteiger partial charge in [0.05, 0.1) is 10.7 Å². The minimum atomic E-state index is -0.636. The van der Waals surface area contributed by atoms with E-state index in [9.17, 15) is 4.39 Å². The molecular formula is C12H10BrClFN3O. The predicted molar refractivity (Wildman–Crippen MR) is 75.4 cm³/mol. The molecule has 100 valence electrons. The first-order valence-corrected chi connectivity index (χ1v) is 6.66. The van der Waals surface area contributed by atoms with Gasteiger partial charge >= 0.3 is 0 Å². The Labute approximate surface area is 123 Å². The number of anilines is 1. The summed E-state index contributed by atoms with van der Waals surface area (Å²) in [5.41, 5.74) is 0. The molecule has 7 heteroatoms. The summed E-state index contributed by atoms with van der Waals surface area (Å²) < 4.78 is 19.6. The van der Waals surface area contributed by atoms with Crippen LogP contribution < -0.4 is 10.1 Å². The van der Waals surface area contributed by atoms with E-state index < -0.39 is 5.82 Å². The molecule has 0 aliphatic heterocycles. The quantitative estimate of drug-likeness (QED) is 0.899. The Morgan fingerprint density at radius 2 is 2.26 bits per heavy atom. The van der Waals surface area contributed by atoms with Crippen LogP contribution in [0, 0.1) is 5.82 Å². The lowest BCUT2D eigenvalue weighted by atomic mass is 10.3. The van der Waals surface area contributed by atoms with Crippen molar-refractivity contribution in [3.05, 3.63) is 39.7 Å². The van der Waals surface area contributed by atoms with E-state index in [1.54, 1.807) is 18.2 Å². The Morgan fingerprint density at radius 3 is 2.95 bits per heavy atom. The third-order valence-electron chi connectivity index (χ3n) is 2.15. The normalized spacial score (nSPS) is 10.3. The highest BCUT2D eigenvalue weighted by molar-refractivity contribution is 9.10. The highest BCUT2D eigenvalue weighted by Crippen LogP contribution is 2.32. The smallest absolute Gasteiger partial charge is 0.260 e. The molecule has 19 heavy (non-hydrogen) atoms. The Morgan fingerprint density at radius 1 is 1.47 bits per heavy atom. The first kappa shape index (κ1) is 14.0. The summed E-state index contributed by atoms with van der Waals surface area (Å²) in [6, 6.07) is 4.92. The van der Waals surface area contributed by atoms with Crippen LogP contribution in [-0.4, -0.2) is 16.5 Å². The molecule has 0 saturated carbocycles. The number of hydrogen-bond donors (Lipinski definition) is 1. The van der Waals surface area contributed by atoms with E-state index in [0.717, 1.165) is 6.20 Å².